The lowest BCUT2D eigenvalue weighted by Crippen LogP contribution is -2.28. The van der Waals surface area contributed by atoms with Crippen LogP contribution in [0.1, 0.15) is 32.1 Å². The second-order valence-electron chi connectivity index (χ2n) is 3.34. The van der Waals surface area contributed by atoms with Gasteiger partial charge in [-0.25, -0.2) is 4.79 Å². The predicted octanol–water partition coefficient (Wildman–Crippen LogP) is 2.49. The number of allylic oxidation sites excluding steroid dienone is 2. The number of hydrogen-bond donors (Lipinski definition) is 2. The summed E-state index contributed by atoms with van der Waals surface area (Å²) in [4.78, 5) is 11.1. The van der Waals surface area contributed by atoms with Gasteiger partial charge in [-0.05, 0) is 32.1 Å². The highest BCUT2D eigenvalue weighted by Crippen LogP contribution is 2.15. The maximum atomic E-state index is 11.1. The molecule has 0 aromatic heterocycles. The fraction of sp³-hybridized carbons (Fsp3) is 0.700. The van der Waals surface area contributed by atoms with Gasteiger partial charge < -0.3 is 10.1 Å². The number of carbonyl (C=O) groups is 1. The zero-order valence-corrected chi connectivity index (χ0v) is 9.13. The van der Waals surface area contributed by atoms with Gasteiger partial charge in [-0.3, -0.25) is 0 Å². The number of ether oxygens (including phenoxy) is 1. The lowest BCUT2D eigenvalue weighted by molar-refractivity contribution is 0.0877. The second kappa shape index (κ2) is 6.76. The smallest absolute Gasteiger partial charge is 0.408 e. The van der Waals surface area contributed by atoms with Gasteiger partial charge in [-0.15, -0.1) is 0 Å². The molecule has 1 N–H and O–H groups in total. The number of hydrogen-bond acceptors (Lipinski definition) is 3. The number of alkyl carbamates (subject to hydrolysis) is 1. The van der Waals surface area contributed by atoms with E-state index in [1.165, 1.54) is 0 Å². The zero-order valence-electron chi connectivity index (χ0n) is 8.24. The van der Waals surface area contributed by atoms with Crippen molar-refractivity contribution in [2.24, 2.45) is 0 Å². The number of amides is 1. The highest BCUT2D eigenvalue weighted by molar-refractivity contribution is 7.80. The monoisotopic (exact) mass is 215 g/mol. The molecule has 1 aliphatic carbocycles. The van der Waals surface area contributed by atoms with E-state index >= 15 is 0 Å². The Hall–Kier alpha value is -0.640. The highest BCUT2D eigenvalue weighted by atomic mass is 32.1. The molecular weight excluding hydrogens is 198 g/mol. The van der Waals surface area contributed by atoms with Crippen molar-refractivity contribution in [2.45, 2.75) is 38.2 Å². The summed E-state index contributed by atoms with van der Waals surface area (Å²) in [5.74, 6) is 0.325. The molecular formula is C10H17NO2S. The molecule has 0 heterocycles. The van der Waals surface area contributed by atoms with E-state index in [2.05, 4.69) is 30.1 Å². The largest absolute Gasteiger partial charge is 0.446 e. The lowest BCUT2D eigenvalue weighted by Gasteiger charge is -2.18. The Balaban J connectivity index is 2.27. The van der Waals surface area contributed by atoms with Crippen LogP contribution >= 0.6 is 12.6 Å². The van der Waals surface area contributed by atoms with E-state index in [4.69, 9.17) is 4.74 Å². The Morgan fingerprint density at radius 2 is 2.21 bits per heavy atom. The summed E-state index contributed by atoms with van der Waals surface area (Å²) in [5.41, 5.74) is 0. The van der Waals surface area contributed by atoms with Crippen molar-refractivity contribution in [1.29, 1.82) is 0 Å². The Morgan fingerprint density at radius 3 is 3.00 bits per heavy atom. The first kappa shape index (κ1) is 11.4. The van der Waals surface area contributed by atoms with Crippen LogP contribution in [0.25, 0.3) is 0 Å². The molecule has 14 heavy (non-hydrogen) atoms. The van der Waals surface area contributed by atoms with Crippen LogP contribution in [-0.2, 0) is 4.74 Å². The van der Waals surface area contributed by atoms with Gasteiger partial charge in [0, 0.05) is 0 Å². The van der Waals surface area contributed by atoms with Crippen LogP contribution in [0.4, 0.5) is 4.79 Å². The maximum absolute atomic E-state index is 11.1. The molecule has 0 bridgehead atoms. The van der Waals surface area contributed by atoms with Crippen LogP contribution in [0.3, 0.4) is 0 Å². The van der Waals surface area contributed by atoms with Crippen molar-refractivity contribution in [2.75, 3.05) is 5.88 Å². The number of thiol groups is 1. The molecule has 0 saturated carbocycles. The molecule has 3 nitrogen and oxygen atoms in total. The van der Waals surface area contributed by atoms with Crippen molar-refractivity contribution in [3.8, 4) is 0 Å². The highest BCUT2D eigenvalue weighted by Gasteiger charge is 2.13. The third-order valence-electron chi connectivity index (χ3n) is 2.22. The van der Waals surface area contributed by atoms with Crippen LogP contribution in [0.2, 0.25) is 0 Å². The minimum atomic E-state index is -0.352. The molecule has 0 fully saturated rings. The predicted molar refractivity (Wildman–Crippen MR) is 59.5 cm³/mol. The zero-order chi connectivity index (χ0) is 10.2. The van der Waals surface area contributed by atoms with Gasteiger partial charge >= 0.3 is 6.09 Å². The van der Waals surface area contributed by atoms with Crippen molar-refractivity contribution < 1.29 is 9.53 Å². The van der Waals surface area contributed by atoms with E-state index in [0.717, 1.165) is 32.1 Å². The topological polar surface area (TPSA) is 38.3 Å². The van der Waals surface area contributed by atoms with Crippen molar-refractivity contribution in [3.63, 3.8) is 0 Å². The number of carbonyl (C=O) groups excluding carboxylic acids is 1. The average Bonchev–Trinajstić information content (AvgIpc) is 2.10. The average molecular weight is 215 g/mol. The molecule has 0 unspecified atom stereocenters. The van der Waals surface area contributed by atoms with E-state index in [0.29, 0.717) is 5.88 Å². The van der Waals surface area contributed by atoms with E-state index in [9.17, 15) is 4.79 Å². The van der Waals surface area contributed by atoms with Gasteiger partial charge in [0.05, 0.1) is 5.88 Å². The van der Waals surface area contributed by atoms with Crippen LogP contribution in [0.15, 0.2) is 12.2 Å². The molecule has 0 aromatic carbocycles. The van der Waals surface area contributed by atoms with E-state index < -0.39 is 0 Å². The van der Waals surface area contributed by atoms with Gasteiger partial charge in [0.2, 0.25) is 0 Å². The van der Waals surface area contributed by atoms with E-state index in [1.54, 1.807) is 0 Å². The van der Waals surface area contributed by atoms with Crippen molar-refractivity contribution in [3.05, 3.63) is 12.2 Å². The van der Waals surface area contributed by atoms with Gasteiger partial charge in [-0.2, -0.15) is 12.6 Å². The molecule has 0 aromatic rings. The summed E-state index contributed by atoms with van der Waals surface area (Å²) < 4.78 is 5.23. The first-order valence-corrected chi connectivity index (χ1v) is 5.66. The quantitative estimate of drug-likeness (QED) is 0.422. The third kappa shape index (κ3) is 4.56. The van der Waals surface area contributed by atoms with Crippen molar-refractivity contribution >= 4 is 18.7 Å². The summed E-state index contributed by atoms with van der Waals surface area (Å²) >= 11 is 3.89. The Labute approximate surface area is 90.3 Å². The first-order chi connectivity index (χ1) is 6.83. The SMILES string of the molecule is O=C(NCS)O[C@H]1CC/C=C/CCC1. The summed E-state index contributed by atoms with van der Waals surface area (Å²) in [7, 11) is 0. The molecule has 0 saturated heterocycles. The first-order valence-electron chi connectivity index (χ1n) is 5.03. The molecule has 1 aliphatic rings. The van der Waals surface area contributed by atoms with Gasteiger partial charge in [0.25, 0.3) is 0 Å². The summed E-state index contributed by atoms with van der Waals surface area (Å²) in [6, 6.07) is 0. The van der Waals surface area contributed by atoms with Crippen LogP contribution in [-0.4, -0.2) is 18.1 Å². The van der Waals surface area contributed by atoms with E-state index in [-0.39, 0.29) is 12.2 Å². The van der Waals surface area contributed by atoms with E-state index in [1.807, 2.05) is 0 Å². The van der Waals surface area contributed by atoms with Crippen LogP contribution in [0, 0.1) is 0 Å². The Kier molecular flexibility index (Phi) is 5.52. The molecule has 0 spiro atoms. The molecule has 80 valence electrons. The van der Waals surface area contributed by atoms with Crippen molar-refractivity contribution in [1.82, 2.24) is 5.32 Å². The fourth-order valence-corrected chi connectivity index (χ4v) is 1.63. The Bertz CT molecular complexity index is 206. The van der Waals surface area contributed by atoms with Crippen LogP contribution < -0.4 is 5.32 Å². The van der Waals surface area contributed by atoms with Gasteiger partial charge in [0.1, 0.15) is 6.10 Å². The fourth-order valence-electron chi connectivity index (χ4n) is 1.50. The number of nitrogens with one attached hydrogen (secondary N) is 1. The van der Waals surface area contributed by atoms with Gasteiger partial charge in [0.15, 0.2) is 0 Å². The normalized spacial score (nSPS) is 24.5. The molecule has 0 radical (unpaired) electrons. The molecule has 4 heteroatoms. The van der Waals surface area contributed by atoms with Gasteiger partial charge in [-0.1, -0.05) is 12.2 Å². The molecule has 1 rings (SSSR count). The van der Waals surface area contributed by atoms with Crippen LogP contribution in [0.5, 0.6) is 0 Å². The minimum Gasteiger partial charge on any atom is -0.446 e. The summed E-state index contributed by atoms with van der Waals surface area (Å²) in [6.07, 6.45) is 9.15. The standard InChI is InChI=1S/C10H17NO2S/c12-10(11-8-14)13-9-6-4-2-1-3-5-7-9/h1-2,9,14H,3-8H2,(H,11,12)/b2-1+/t9-/m0/s1. The third-order valence-corrected chi connectivity index (χ3v) is 2.37. The number of rotatable bonds is 2. The minimum absolute atomic E-state index is 0.0693. The lowest BCUT2D eigenvalue weighted by atomic mass is 10.0. The summed E-state index contributed by atoms with van der Waals surface area (Å²) in [6.45, 7) is 0. The molecule has 1 atom stereocenters. The molecule has 1 amide bonds. The Morgan fingerprint density at radius 1 is 1.43 bits per heavy atom. The maximum Gasteiger partial charge on any atom is 0.408 e. The second-order valence-corrected chi connectivity index (χ2v) is 3.66. The summed E-state index contributed by atoms with van der Waals surface area (Å²) in [5, 5.41) is 2.51. The molecule has 0 aliphatic heterocycles.